The van der Waals surface area contributed by atoms with Crippen molar-refractivity contribution >= 4 is 0 Å². The fraction of sp³-hybridized carbons (Fsp3) is 0.400. The molecule has 0 atom stereocenters. The van der Waals surface area contributed by atoms with Gasteiger partial charge in [-0.15, -0.1) is 0 Å². The van der Waals surface area contributed by atoms with Gasteiger partial charge in [0.15, 0.2) is 0 Å². The third-order valence-electron chi connectivity index (χ3n) is 0.955. The van der Waals surface area contributed by atoms with Crippen LogP contribution in [0.15, 0.2) is 12.5 Å². The van der Waals surface area contributed by atoms with Crippen LogP contribution in [0.3, 0.4) is 0 Å². The van der Waals surface area contributed by atoms with E-state index in [-0.39, 0.29) is 22.4 Å². The van der Waals surface area contributed by atoms with E-state index in [1.807, 2.05) is 6.20 Å². The van der Waals surface area contributed by atoms with Crippen LogP contribution in [0.4, 0.5) is 0 Å². The summed E-state index contributed by atoms with van der Waals surface area (Å²) in [6.07, 6.45) is 4.38. The topological polar surface area (TPSA) is 54.7 Å². The SMILES string of the molecule is NCCc1c[nH]cn1.[Ta]. The maximum atomic E-state index is 5.27. The van der Waals surface area contributed by atoms with Crippen molar-refractivity contribution in [2.75, 3.05) is 6.54 Å². The monoisotopic (exact) mass is 292 g/mol. The second-order valence-electron chi connectivity index (χ2n) is 1.60. The van der Waals surface area contributed by atoms with Crippen LogP contribution in [0.5, 0.6) is 0 Å². The normalized spacial score (nSPS) is 8.56. The number of aromatic nitrogens is 2. The van der Waals surface area contributed by atoms with E-state index < -0.39 is 0 Å². The van der Waals surface area contributed by atoms with Crippen molar-refractivity contribution in [2.45, 2.75) is 6.42 Å². The first-order valence-electron chi connectivity index (χ1n) is 2.61. The molecule has 0 saturated carbocycles. The maximum absolute atomic E-state index is 5.27. The summed E-state index contributed by atoms with van der Waals surface area (Å²) in [5.41, 5.74) is 6.30. The molecule has 4 heteroatoms. The third-order valence-corrected chi connectivity index (χ3v) is 0.955. The molecule has 1 rings (SSSR count). The van der Waals surface area contributed by atoms with E-state index in [9.17, 15) is 0 Å². The number of nitrogens with two attached hydrogens (primary N) is 1. The van der Waals surface area contributed by atoms with Crippen LogP contribution in [0.2, 0.25) is 0 Å². The second kappa shape index (κ2) is 4.76. The molecule has 9 heavy (non-hydrogen) atoms. The average Bonchev–Trinajstić information content (AvgIpc) is 2.19. The van der Waals surface area contributed by atoms with E-state index in [0.717, 1.165) is 12.1 Å². The van der Waals surface area contributed by atoms with Gasteiger partial charge in [0, 0.05) is 35.0 Å². The summed E-state index contributed by atoms with van der Waals surface area (Å²) in [7, 11) is 0. The standard InChI is InChI=1S/C5H9N3.Ta/c6-2-1-5-3-7-4-8-5;/h3-4H,1-2,6H2,(H,7,8);. The minimum atomic E-state index is 0. The van der Waals surface area contributed by atoms with Crippen molar-refractivity contribution < 1.29 is 22.4 Å². The second-order valence-corrected chi connectivity index (χ2v) is 1.60. The number of rotatable bonds is 2. The number of aromatic amines is 1. The molecular weight excluding hydrogens is 283 g/mol. The molecule has 0 unspecified atom stereocenters. The number of H-pyrrole nitrogens is 1. The fourth-order valence-corrected chi connectivity index (χ4v) is 0.576. The minimum absolute atomic E-state index is 0. The predicted molar refractivity (Wildman–Crippen MR) is 31.3 cm³/mol. The Balaban J connectivity index is 0.000000640. The number of nitrogens with zero attached hydrogens (tertiary/aromatic N) is 1. The van der Waals surface area contributed by atoms with Crippen LogP contribution in [0.25, 0.3) is 0 Å². The van der Waals surface area contributed by atoms with E-state index in [2.05, 4.69) is 9.97 Å². The summed E-state index contributed by atoms with van der Waals surface area (Å²) in [6, 6.07) is 0. The molecule has 0 aliphatic rings. The molecule has 1 aromatic heterocycles. The molecule has 0 bridgehead atoms. The van der Waals surface area contributed by atoms with Crippen LogP contribution in [-0.2, 0) is 28.8 Å². The first-order valence-corrected chi connectivity index (χ1v) is 2.61. The van der Waals surface area contributed by atoms with Crippen molar-refractivity contribution in [3.05, 3.63) is 18.2 Å². The van der Waals surface area contributed by atoms with E-state index in [1.165, 1.54) is 0 Å². The molecule has 0 aliphatic carbocycles. The first-order chi connectivity index (χ1) is 3.93. The Morgan fingerprint density at radius 2 is 2.44 bits per heavy atom. The van der Waals surface area contributed by atoms with Crippen LogP contribution >= 0.6 is 0 Å². The van der Waals surface area contributed by atoms with Crippen molar-refractivity contribution in [2.24, 2.45) is 5.73 Å². The van der Waals surface area contributed by atoms with Gasteiger partial charge in [-0.25, -0.2) is 4.98 Å². The Hall–Kier alpha value is -0.0897. The van der Waals surface area contributed by atoms with E-state index in [1.54, 1.807) is 6.33 Å². The summed E-state index contributed by atoms with van der Waals surface area (Å²) in [4.78, 5) is 6.82. The molecular formula is C5H9N3Ta. The molecule has 1 heterocycles. The van der Waals surface area contributed by atoms with Crippen molar-refractivity contribution in [3.8, 4) is 0 Å². The maximum Gasteiger partial charge on any atom is 0.0923 e. The zero-order chi connectivity index (χ0) is 5.82. The largest absolute Gasteiger partial charge is 0.351 e. The molecule has 0 amide bonds. The fourth-order valence-electron chi connectivity index (χ4n) is 0.576. The summed E-state index contributed by atoms with van der Waals surface area (Å²) in [5, 5.41) is 0. The van der Waals surface area contributed by atoms with Gasteiger partial charge in [-0.05, 0) is 6.54 Å². The Labute approximate surface area is 69.6 Å². The van der Waals surface area contributed by atoms with Gasteiger partial charge in [0.2, 0.25) is 0 Å². The smallest absolute Gasteiger partial charge is 0.0923 e. The van der Waals surface area contributed by atoms with Gasteiger partial charge in [0.25, 0.3) is 0 Å². The van der Waals surface area contributed by atoms with E-state index in [0.29, 0.717) is 6.54 Å². The zero-order valence-electron chi connectivity index (χ0n) is 5.04. The van der Waals surface area contributed by atoms with Gasteiger partial charge < -0.3 is 10.7 Å². The van der Waals surface area contributed by atoms with Crippen LogP contribution in [0.1, 0.15) is 5.69 Å². The Morgan fingerprint density at radius 1 is 1.67 bits per heavy atom. The Kier molecular flexibility index (Phi) is 4.71. The molecule has 0 aliphatic heterocycles. The predicted octanol–water partition coefficient (Wildman–Crippen LogP) is -0.0916. The number of imidazole rings is 1. The molecule has 0 saturated heterocycles. The van der Waals surface area contributed by atoms with Crippen LogP contribution < -0.4 is 5.73 Å². The van der Waals surface area contributed by atoms with Gasteiger partial charge in [-0.2, -0.15) is 0 Å². The van der Waals surface area contributed by atoms with Crippen LogP contribution in [-0.4, -0.2) is 16.5 Å². The summed E-state index contributed by atoms with van der Waals surface area (Å²) in [6.45, 7) is 0.671. The number of nitrogens with one attached hydrogen (secondary N) is 1. The third kappa shape index (κ3) is 2.81. The zero-order valence-corrected chi connectivity index (χ0v) is 8.25. The quantitative estimate of drug-likeness (QED) is 0.800. The van der Waals surface area contributed by atoms with Gasteiger partial charge in [0.05, 0.1) is 12.0 Å². The molecule has 0 spiro atoms. The molecule has 0 fully saturated rings. The van der Waals surface area contributed by atoms with Crippen LogP contribution in [0, 0.1) is 0 Å². The Bertz CT molecular complexity index is 138. The summed E-state index contributed by atoms with van der Waals surface area (Å²) in [5.74, 6) is 0. The van der Waals surface area contributed by atoms with Crippen molar-refractivity contribution in [1.29, 1.82) is 0 Å². The molecule has 3 N–H and O–H groups in total. The van der Waals surface area contributed by atoms with Crippen molar-refractivity contribution in [3.63, 3.8) is 0 Å². The van der Waals surface area contributed by atoms with Gasteiger partial charge in [-0.3, -0.25) is 0 Å². The summed E-state index contributed by atoms with van der Waals surface area (Å²) < 4.78 is 0. The Morgan fingerprint density at radius 3 is 2.89 bits per heavy atom. The van der Waals surface area contributed by atoms with Gasteiger partial charge in [0.1, 0.15) is 0 Å². The molecule has 3 nitrogen and oxygen atoms in total. The molecule has 1 radical (unpaired) electrons. The summed E-state index contributed by atoms with van der Waals surface area (Å²) >= 11 is 0. The number of hydrogen-bond acceptors (Lipinski definition) is 2. The molecule has 0 aromatic carbocycles. The van der Waals surface area contributed by atoms with E-state index >= 15 is 0 Å². The van der Waals surface area contributed by atoms with Gasteiger partial charge in [-0.1, -0.05) is 0 Å². The molecule has 1 aromatic rings. The van der Waals surface area contributed by atoms with E-state index in [4.69, 9.17) is 5.73 Å². The molecule has 49 valence electrons. The van der Waals surface area contributed by atoms with Crippen molar-refractivity contribution in [1.82, 2.24) is 9.97 Å². The average molecular weight is 292 g/mol. The first kappa shape index (κ1) is 8.91. The minimum Gasteiger partial charge on any atom is -0.351 e. The van der Waals surface area contributed by atoms with Gasteiger partial charge >= 0.3 is 0 Å². The number of hydrogen-bond donors (Lipinski definition) is 2.